The van der Waals surface area contributed by atoms with Crippen molar-refractivity contribution < 1.29 is 4.79 Å². The van der Waals surface area contributed by atoms with Gasteiger partial charge in [-0.15, -0.1) is 6.42 Å². The van der Waals surface area contributed by atoms with E-state index in [0.29, 0.717) is 16.3 Å². The number of terminal acetylenes is 1. The summed E-state index contributed by atoms with van der Waals surface area (Å²) in [7, 11) is 0. The van der Waals surface area contributed by atoms with Crippen LogP contribution in [0.3, 0.4) is 0 Å². The molecule has 0 unspecified atom stereocenters. The molecule has 14 heavy (non-hydrogen) atoms. The summed E-state index contributed by atoms with van der Waals surface area (Å²) in [4.78, 5) is 11.4. The second kappa shape index (κ2) is 4.54. The molecule has 72 valence electrons. The molecule has 1 rings (SSSR count). The lowest BCUT2D eigenvalue weighted by atomic mass is 10.2. The zero-order valence-electron chi connectivity index (χ0n) is 7.38. The van der Waals surface area contributed by atoms with Crippen molar-refractivity contribution in [2.24, 2.45) is 0 Å². The summed E-state index contributed by atoms with van der Waals surface area (Å²) < 4.78 is 0. The molecular formula is C10H9ClN2O. The van der Waals surface area contributed by atoms with Gasteiger partial charge in [0.1, 0.15) is 0 Å². The topological polar surface area (TPSA) is 55.1 Å². The van der Waals surface area contributed by atoms with Gasteiger partial charge in [-0.05, 0) is 18.2 Å². The number of halogens is 1. The number of anilines is 1. The molecule has 0 fully saturated rings. The van der Waals surface area contributed by atoms with E-state index in [1.807, 2.05) is 0 Å². The van der Waals surface area contributed by atoms with Gasteiger partial charge in [0, 0.05) is 5.69 Å². The number of amides is 1. The molecule has 1 aromatic carbocycles. The fourth-order valence-corrected chi connectivity index (χ4v) is 1.15. The van der Waals surface area contributed by atoms with Crippen LogP contribution in [0, 0.1) is 12.3 Å². The number of hydrogen-bond donors (Lipinski definition) is 2. The van der Waals surface area contributed by atoms with Crippen LogP contribution in [0.25, 0.3) is 0 Å². The molecule has 0 spiro atoms. The fraction of sp³-hybridized carbons (Fsp3) is 0.100. The zero-order chi connectivity index (χ0) is 10.6. The van der Waals surface area contributed by atoms with Gasteiger partial charge in [0.05, 0.1) is 17.1 Å². The molecule has 3 nitrogen and oxygen atoms in total. The van der Waals surface area contributed by atoms with Gasteiger partial charge in [0.2, 0.25) is 0 Å². The standard InChI is InChI=1S/C10H9ClN2O/c1-2-5-13-10(14)8-6-7(12)3-4-9(8)11/h1,3-4,6H,5,12H2,(H,13,14). The summed E-state index contributed by atoms with van der Waals surface area (Å²) in [5, 5.41) is 2.86. The van der Waals surface area contributed by atoms with Gasteiger partial charge in [0.25, 0.3) is 5.91 Å². The van der Waals surface area contributed by atoms with Crippen LogP contribution >= 0.6 is 11.6 Å². The number of carbonyl (C=O) groups is 1. The van der Waals surface area contributed by atoms with Gasteiger partial charge in [-0.1, -0.05) is 17.5 Å². The van der Waals surface area contributed by atoms with Crippen molar-refractivity contribution in [2.45, 2.75) is 0 Å². The zero-order valence-corrected chi connectivity index (χ0v) is 8.14. The average molecular weight is 209 g/mol. The van der Waals surface area contributed by atoms with E-state index in [2.05, 4.69) is 11.2 Å². The van der Waals surface area contributed by atoms with E-state index in [-0.39, 0.29) is 12.5 Å². The summed E-state index contributed by atoms with van der Waals surface area (Å²) in [6.45, 7) is 0.171. The molecular weight excluding hydrogens is 200 g/mol. The first-order valence-corrected chi connectivity index (χ1v) is 4.29. The molecule has 4 heteroatoms. The summed E-state index contributed by atoms with van der Waals surface area (Å²) in [5.74, 6) is 1.98. The third-order valence-corrected chi connectivity index (χ3v) is 1.92. The summed E-state index contributed by atoms with van der Waals surface area (Å²) in [6.07, 6.45) is 5.00. The highest BCUT2D eigenvalue weighted by Crippen LogP contribution is 2.18. The Hall–Kier alpha value is -1.66. The van der Waals surface area contributed by atoms with E-state index in [1.54, 1.807) is 12.1 Å². The summed E-state index contributed by atoms with van der Waals surface area (Å²) >= 11 is 5.80. The molecule has 0 atom stereocenters. The monoisotopic (exact) mass is 208 g/mol. The van der Waals surface area contributed by atoms with Crippen molar-refractivity contribution in [1.29, 1.82) is 0 Å². The number of rotatable bonds is 2. The van der Waals surface area contributed by atoms with Gasteiger partial charge in [-0.3, -0.25) is 4.79 Å². The highest BCUT2D eigenvalue weighted by molar-refractivity contribution is 6.34. The second-order valence-corrected chi connectivity index (χ2v) is 3.03. The lowest BCUT2D eigenvalue weighted by Gasteiger charge is -2.04. The first-order chi connectivity index (χ1) is 6.65. The van der Waals surface area contributed by atoms with E-state index in [4.69, 9.17) is 23.8 Å². The van der Waals surface area contributed by atoms with Crippen LogP contribution in [-0.2, 0) is 0 Å². The lowest BCUT2D eigenvalue weighted by molar-refractivity contribution is 0.0959. The maximum Gasteiger partial charge on any atom is 0.253 e. The molecule has 1 aromatic rings. The molecule has 0 saturated heterocycles. The highest BCUT2D eigenvalue weighted by atomic mass is 35.5. The van der Waals surface area contributed by atoms with E-state index >= 15 is 0 Å². The number of hydrogen-bond acceptors (Lipinski definition) is 2. The smallest absolute Gasteiger partial charge is 0.253 e. The van der Waals surface area contributed by atoms with Crippen LogP contribution in [0.4, 0.5) is 5.69 Å². The minimum absolute atomic E-state index is 0.171. The number of carbonyl (C=O) groups excluding carboxylic acids is 1. The predicted octanol–water partition coefficient (Wildman–Crippen LogP) is 1.29. The van der Waals surface area contributed by atoms with Crippen LogP contribution in [0.2, 0.25) is 5.02 Å². The van der Waals surface area contributed by atoms with Crippen LogP contribution in [0.15, 0.2) is 18.2 Å². The van der Waals surface area contributed by atoms with E-state index in [0.717, 1.165) is 0 Å². The van der Waals surface area contributed by atoms with Gasteiger partial charge < -0.3 is 11.1 Å². The average Bonchev–Trinajstić information content (AvgIpc) is 2.18. The highest BCUT2D eigenvalue weighted by Gasteiger charge is 2.09. The number of benzene rings is 1. The molecule has 0 aliphatic heterocycles. The molecule has 0 bridgehead atoms. The number of nitrogen functional groups attached to an aromatic ring is 1. The van der Waals surface area contributed by atoms with E-state index < -0.39 is 0 Å². The number of nitrogens with one attached hydrogen (secondary N) is 1. The van der Waals surface area contributed by atoms with Crippen molar-refractivity contribution in [3.63, 3.8) is 0 Å². The molecule has 0 saturated carbocycles. The van der Waals surface area contributed by atoms with E-state index in [1.165, 1.54) is 6.07 Å². The minimum atomic E-state index is -0.319. The van der Waals surface area contributed by atoms with Crippen LogP contribution in [0.1, 0.15) is 10.4 Å². The van der Waals surface area contributed by atoms with Gasteiger partial charge in [-0.2, -0.15) is 0 Å². The summed E-state index contributed by atoms with van der Waals surface area (Å²) in [6, 6.07) is 4.70. The normalized spacial score (nSPS) is 9.14. The molecule has 0 aromatic heterocycles. The second-order valence-electron chi connectivity index (χ2n) is 2.63. The minimum Gasteiger partial charge on any atom is -0.399 e. The van der Waals surface area contributed by atoms with Crippen molar-refractivity contribution in [3.05, 3.63) is 28.8 Å². The third kappa shape index (κ3) is 2.41. The van der Waals surface area contributed by atoms with Gasteiger partial charge in [-0.25, -0.2) is 0 Å². The van der Waals surface area contributed by atoms with Gasteiger partial charge >= 0.3 is 0 Å². The van der Waals surface area contributed by atoms with E-state index in [9.17, 15) is 4.79 Å². The van der Waals surface area contributed by atoms with Crippen LogP contribution in [-0.4, -0.2) is 12.5 Å². The first-order valence-electron chi connectivity index (χ1n) is 3.92. The Labute approximate surface area is 87.2 Å². The maximum absolute atomic E-state index is 11.4. The predicted molar refractivity (Wildman–Crippen MR) is 57.0 cm³/mol. The Bertz CT molecular complexity index is 396. The lowest BCUT2D eigenvalue weighted by Crippen LogP contribution is -2.23. The van der Waals surface area contributed by atoms with Crippen molar-refractivity contribution >= 4 is 23.2 Å². The number of nitrogens with two attached hydrogens (primary N) is 1. The fourth-order valence-electron chi connectivity index (χ4n) is 0.943. The van der Waals surface area contributed by atoms with Crippen LogP contribution < -0.4 is 11.1 Å². The molecule has 3 N–H and O–H groups in total. The third-order valence-electron chi connectivity index (χ3n) is 1.59. The van der Waals surface area contributed by atoms with Crippen molar-refractivity contribution in [2.75, 3.05) is 12.3 Å². The Morgan fingerprint density at radius 1 is 1.64 bits per heavy atom. The quantitative estimate of drug-likeness (QED) is 0.568. The largest absolute Gasteiger partial charge is 0.399 e. The van der Waals surface area contributed by atoms with Gasteiger partial charge in [0.15, 0.2) is 0 Å². The Morgan fingerprint density at radius 2 is 2.36 bits per heavy atom. The Morgan fingerprint density at radius 3 is 3.00 bits per heavy atom. The first kappa shape index (κ1) is 10.4. The Balaban J connectivity index is 2.90. The van der Waals surface area contributed by atoms with Crippen molar-refractivity contribution in [1.82, 2.24) is 5.32 Å². The van der Waals surface area contributed by atoms with Crippen molar-refractivity contribution in [3.8, 4) is 12.3 Å². The molecule has 0 radical (unpaired) electrons. The SMILES string of the molecule is C#CCNC(=O)c1cc(N)ccc1Cl. The van der Waals surface area contributed by atoms with Crippen LogP contribution in [0.5, 0.6) is 0 Å². The molecule has 0 heterocycles. The molecule has 0 aliphatic rings. The Kier molecular flexibility index (Phi) is 3.38. The molecule has 1 amide bonds. The molecule has 0 aliphatic carbocycles. The summed E-state index contributed by atoms with van der Waals surface area (Å²) in [5.41, 5.74) is 6.34. The maximum atomic E-state index is 11.4.